The lowest BCUT2D eigenvalue weighted by Gasteiger charge is -2.12. The molecule has 0 atom stereocenters. The lowest BCUT2D eigenvalue weighted by molar-refractivity contribution is 0.372. The summed E-state index contributed by atoms with van der Waals surface area (Å²) in [4.78, 5) is 0. The van der Waals surface area contributed by atoms with Gasteiger partial charge in [0.25, 0.3) is 0 Å². The maximum atomic E-state index is 2.92. The van der Waals surface area contributed by atoms with Crippen LogP contribution in [0.1, 0.15) is 6.42 Å². The summed E-state index contributed by atoms with van der Waals surface area (Å²) in [5.74, 6) is 0. The molecule has 0 unspecified atom stereocenters. The molecule has 1 aliphatic heterocycles. The van der Waals surface area contributed by atoms with Crippen LogP contribution >= 0.6 is 0 Å². The van der Waals surface area contributed by atoms with Crippen molar-refractivity contribution in [3.63, 3.8) is 0 Å². The Kier molecular flexibility index (Phi) is 3.92. The van der Waals surface area contributed by atoms with Crippen LogP contribution in [0.25, 0.3) is 0 Å². The first kappa shape index (κ1) is 6.84. The quantitative estimate of drug-likeness (QED) is 0.339. The third kappa shape index (κ3) is 2.52. The summed E-state index contributed by atoms with van der Waals surface area (Å²) >= 11 is 0. The van der Waals surface area contributed by atoms with Crippen LogP contribution < -0.4 is 16.4 Å². The summed E-state index contributed by atoms with van der Waals surface area (Å²) in [5.41, 5.74) is 8.63. The van der Waals surface area contributed by atoms with Gasteiger partial charge in [-0.3, -0.25) is 0 Å². The number of hydrazine groups is 2. The molecule has 0 aromatic rings. The van der Waals surface area contributed by atoms with Crippen LogP contribution in [0.3, 0.4) is 0 Å². The Bertz CT molecular complexity index is 25.7. The number of nitrogens with one attached hydrogen (secondary N) is 3. The van der Waals surface area contributed by atoms with Crippen LogP contribution in [0, 0.1) is 0 Å². The first-order valence-corrected chi connectivity index (χ1v) is 2.21. The fourth-order valence-corrected chi connectivity index (χ4v) is 0.453. The van der Waals surface area contributed by atoms with Gasteiger partial charge in [0, 0.05) is 13.1 Å². The first-order chi connectivity index (χ1) is 3.00. The minimum absolute atomic E-state index is 0. The van der Waals surface area contributed by atoms with Gasteiger partial charge in [-0.05, 0) is 6.42 Å². The normalized spacial score (nSPS) is 20.6. The molecule has 44 valence electrons. The molecular formula is C3H11N3O. The van der Waals surface area contributed by atoms with Crippen LogP contribution in [-0.2, 0) is 0 Å². The van der Waals surface area contributed by atoms with Gasteiger partial charge in [0.1, 0.15) is 0 Å². The Balaban J connectivity index is 0.000000360. The molecule has 0 saturated carbocycles. The average molecular weight is 105 g/mol. The molecule has 4 nitrogen and oxygen atoms in total. The number of rotatable bonds is 0. The fraction of sp³-hybridized carbons (Fsp3) is 1.00. The van der Waals surface area contributed by atoms with E-state index in [-0.39, 0.29) is 5.48 Å². The highest BCUT2D eigenvalue weighted by atomic mass is 16.0. The summed E-state index contributed by atoms with van der Waals surface area (Å²) in [6.07, 6.45) is 1.22. The van der Waals surface area contributed by atoms with Crippen molar-refractivity contribution in [1.29, 1.82) is 0 Å². The molecule has 4 heteroatoms. The van der Waals surface area contributed by atoms with Crippen molar-refractivity contribution in [2.24, 2.45) is 0 Å². The maximum absolute atomic E-state index is 2.92. The molecule has 1 saturated heterocycles. The van der Waals surface area contributed by atoms with E-state index in [0.717, 1.165) is 13.1 Å². The van der Waals surface area contributed by atoms with Gasteiger partial charge in [0.15, 0.2) is 0 Å². The van der Waals surface area contributed by atoms with Gasteiger partial charge in [-0.1, -0.05) is 0 Å². The van der Waals surface area contributed by atoms with Crippen LogP contribution in [0.15, 0.2) is 0 Å². The van der Waals surface area contributed by atoms with Gasteiger partial charge in [-0.25, -0.2) is 10.9 Å². The topological polar surface area (TPSA) is 67.6 Å². The van der Waals surface area contributed by atoms with Crippen molar-refractivity contribution in [2.45, 2.75) is 6.42 Å². The van der Waals surface area contributed by atoms with E-state index < -0.39 is 0 Å². The average Bonchev–Trinajstić information content (AvgIpc) is 1.72. The van der Waals surface area contributed by atoms with Crippen molar-refractivity contribution in [2.75, 3.05) is 13.1 Å². The molecule has 0 aliphatic carbocycles. The number of hydrogen-bond donors (Lipinski definition) is 3. The lowest BCUT2D eigenvalue weighted by atomic mass is 10.4. The van der Waals surface area contributed by atoms with E-state index in [2.05, 4.69) is 16.4 Å². The van der Waals surface area contributed by atoms with E-state index in [1.54, 1.807) is 0 Å². The van der Waals surface area contributed by atoms with Crippen molar-refractivity contribution < 1.29 is 5.48 Å². The van der Waals surface area contributed by atoms with Crippen LogP contribution in [0.4, 0.5) is 0 Å². The van der Waals surface area contributed by atoms with Gasteiger partial charge < -0.3 is 5.48 Å². The molecule has 0 spiro atoms. The Hall–Kier alpha value is -0.160. The molecule has 7 heavy (non-hydrogen) atoms. The molecule has 1 heterocycles. The minimum Gasteiger partial charge on any atom is -0.412 e. The summed E-state index contributed by atoms with van der Waals surface area (Å²) < 4.78 is 0. The maximum Gasteiger partial charge on any atom is 0.0126 e. The standard InChI is InChI=1S/C3H9N3.H2O/c1-2-4-6-5-3-1;/h4-6H,1-3H2;1H2. The zero-order valence-electron chi connectivity index (χ0n) is 4.12. The van der Waals surface area contributed by atoms with Gasteiger partial charge >= 0.3 is 0 Å². The molecule has 1 aliphatic rings. The third-order valence-corrected chi connectivity index (χ3v) is 0.780. The molecule has 1 fully saturated rings. The predicted octanol–water partition coefficient (Wildman–Crippen LogP) is -1.84. The van der Waals surface area contributed by atoms with Gasteiger partial charge in [-0.2, -0.15) is 5.53 Å². The van der Waals surface area contributed by atoms with Crippen molar-refractivity contribution in [3.05, 3.63) is 0 Å². The predicted molar refractivity (Wildman–Crippen MR) is 27.4 cm³/mol. The Morgan fingerprint density at radius 3 is 1.71 bits per heavy atom. The van der Waals surface area contributed by atoms with Gasteiger partial charge in [0.2, 0.25) is 0 Å². The Labute approximate surface area is 42.5 Å². The zero-order valence-corrected chi connectivity index (χ0v) is 4.12. The summed E-state index contributed by atoms with van der Waals surface area (Å²) in [6.45, 7) is 2.15. The van der Waals surface area contributed by atoms with E-state index in [4.69, 9.17) is 0 Å². The second kappa shape index (κ2) is 4.01. The molecule has 0 aromatic heterocycles. The second-order valence-electron chi connectivity index (χ2n) is 1.33. The first-order valence-electron chi connectivity index (χ1n) is 2.21. The van der Waals surface area contributed by atoms with Crippen LogP contribution in [0.2, 0.25) is 0 Å². The monoisotopic (exact) mass is 105 g/mol. The van der Waals surface area contributed by atoms with Crippen LogP contribution in [-0.4, -0.2) is 18.6 Å². The summed E-state index contributed by atoms with van der Waals surface area (Å²) in [7, 11) is 0. The molecule has 5 N–H and O–H groups in total. The SMILES string of the molecule is C1CNNNC1.O. The lowest BCUT2D eigenvalue weighted by Crippen LogP contribution is -2.49. The summed E-state index contributed by atoms with van der Waals surface area (Å²) in [5, 5.41) is 0. The highest BCUT2D eigenvalue weighted by Gasteiger charge is 1.90. The molecule has 0 bridgehead atoms. The third-order valence-electron chi connectivity index (χ3n) is 0.780. The Morgan fingerprint density at radius 1 is 1.00 bits per heavy atom. The molecule has 1 rings (SSSR count). The zero-order chi connectivity index (χ0) is 4.24. The molecule has 0 aromatic carbocycles. The van der Waals surface area contributed by atoms with E-state index in [1.165, 1.54) is 6.42 Å². The van der Waals surface area contributed by atoms with Crippen LogP contribution in [0.5, 0.6) is 0 Å². The smallest absolute Gasteiger partial charge is 0.0126 e. The van der Waals surface area contributed by atoms with Crippen molar-refractivity contribution >= 4 is 0 Å². The largest absolute Gasteiger partial charge is 0.412 e. The van der Waals surface area contributed by atoms with Gasteiger partial charge in [0.05, 0.1) is 0 Å². The number of hydrogen-bond acceptors (Lipinski definition) is 3. The summed E-state index contributed by atoms with van der Waals surface area (Å²) in [6, 6.07) is 0. The fourth-order valence-electron chi connectivity index (χ4n) is 0.453. The second-order valence-corrected chi connectivity index (χ2v) is 1.33. The highest BCUT2D eigenvalue weighted by Crippen LogP contribution is 1.71. The van der Waals surface area contributed by atoms with Gasteiger partial charge in [-0.15, -0.1) is 0 Å². The van der Waals surface area contributed by atoms with E-state index in [9.17, 15) is 0 Å². The molecular weight excluding hydrogens is 94.1 g/mol. The van der Waals surface area contributed by atoms with E-state index in [1.807, 2.05) is 0 Å². The molecule has 0 radical (unpaired) electrons. The molecule has 0 amide bonds. The van der Waals surface area contributed by atoms with Crippen molar-refractivity contribution in [1.82, 2.24) is 16.4 Å². The van der Waals surface area contributed by atoms with E-state index >= 15 is 0 Å². The van der Waals surface area contributed by atoms with E-state index in [0.29, 0.717) is 0 Å². The van der Waals surface area contributed by atoms with Crippen molar-refractivity contribution in [3.8, 4) is 0 Å². The minimum atomic E-state index is 0. The highest BCUT2D eigenvalue weighted by molar-refractivity contribution is 4.47. The Morgan fingerprint density at radius 2 is 1.57 bits per heavy atom.